The van der Waals surface area contributed by atoms with Crippen molar-refractivity contribution >= 4 is 5.91 Å². The topological polar surface area (TPSA) is 23.6 Å². The number of rotatable bonds is 4. The van der Waals surface area contributed by atoms with Crippen molar-refractivity contribution in [3.8, 4) is 0 Å². The van der Waals surface area contributed by atoms with Gasteiger partial charge in [-0.05, 0) is 76.4 Å². The minimum Gasteiger partial charge on any atom is -0.342 e. The zero-order valence-electron chi connectivity index (χ0n) is 15.5. The number of amides is 1. The Labute approximate surface area is 142 Å². The zero-order chi connectivity index (χ0) is 16.8. The average molecular weight is 319 g/mol. The van der Waals surface area contributed by atoms with Gasteiger partial charge in [0.15, 0.2) is 0 Å². The van der Waals surface area contributed by atoms with E-state index in [2.05, 4.69) is 44.3 Å². The summed E-state index contributed by atoms with van der Waals surface area (Å²) < 4.78 is 0. The van der Waals surface area contributed by atoms with E-state index in [4.69, 9.17) is 0 Å². The SMILES string of the molecule is C=C1C2(C(=O)N3CCC(CCN(C)C)CC3)CCC(C2)C1(C)C. The van der Waals surface area contributed by atoms with Gasteiger partial charge in [0.2, 0.25) is 5.91 Å². The van der Waals surface area contributed by atoms with Crippen LogP contribution in [0.3, 0.4) is 0 Å². The van der Waals surface area contributed by atoms with Gasteiger partial charge < -0.3 is 9.80 Å². The molecule has 23 heavy (non-hydrogen) atoms. The number of piperidine rings is 1. The maximum atomic E-state index is 13.3. The summed E-state index contributed by atoms with van der Waals surface area (Å²) in [6.07, 6.45) is 6.92. The number of nitrogens with zero attached hydrogens (tertiary/aromatic N) is 2. The summed E-state index contributed by atoms with van der Waals surface area (Å²) in [5.74, 6) is 1.86. The standard InChI is InChI=1S/C20H34N2O/c1-15-19(2,3)17-6-10-20(15,14-17)18(23)22-12-8-16(9-13-22)7-11-21(4)5/h16-17H,1,6-14H2,2-5H3. The molecule has 0 spiro atoms. The Bertz CT molecular complexity index is 488. The zero-order valence-corrected chi connectivity index (χ0v) is 15.5. The lowest BCUT2D eigenvalue weighted by molar-refractivity contribution is -0.141. The minimum absolute atomic E-state index is 0.151. The van der Waals surface area contributed by atoms with Crippen LogP contribution < -0.4 is 0 Å². The highest BCUT2D eigenvalue weighted by Gasteiger charge is 2.61. The van der Waals surface area contributed by atoms with E-state index in [1.807, 2.05) is 0 Å². The Hall–Kier alpha value is -0.830. The van der Waals surface area contributed by atoms with Gasteiger partial charge in [-0.2, -0.15) is 0 Å². The molecule has 2 bridgehead atoms. The van der Waals surface area contributed by atoms with E-state index >= 15 is 0 Å². The van der Waals surface area contributed by atoms with Crippen molar-refractivity contribution in [3.63, 3.8) is 0 Å². The van der Waals surface area contributed by atoms with Crippen LogP contribution in [-0.4, -0.2) is 49.4 Å². The first kappa shape index (κ1) is 17.0. The molecule has 0 aromatic rings. The van der Waals surface area contributed by atoms with Crippen molar-refractivity contribution in [1.29, 1.82) is 0 Å². The summed E-state index contributed by atoms with van der Waals surface area (Å²) in [5.41, 5.74) is 1.16. The Morgan fingerprint density at radius 2 is 1.91 bits per heavy atom. The molecule has 2 atom stereocenters. The molecule has 0 aromatic carbocycles. The van der Waals surface area contributed by atoms with Crippen molar-refractivity contribution in [3.05, 3.63) is 12.2 Å². The molecule has 3 fully saturated rings. The Balaban J connectivity index is 1.61. The van der Waals surface area contributed by atoms with Gasteiger partial charge in [-0.1, -0.05) is 26.0 Å². The van der Waals surface area contributed by atoms with Gasteiger partial charge in [-0.3, -0.25) is 4.79 Å². The van der Waals surface area contributed by atoms with E-state index < -0.39 is 0 Å². The van der Waals surface area contributed by atoms with E-state index in [9.17, 15) is 4.79 Å². The van der Waals surface area contributed by atoms with Crippen molar-refractivity contribution in [1.82, 2.24) is 9.80 Å². The van der Waals surface area contributed by atoms with E-state index in [0.717, 1.165) is 38.4 Å². The van der Waals surface area contributed by atoms with Crippen molar-refractivity contribution < 1.29 is 4.79 Å². The highest BCUT2D eigenvalue weighted by molar-refractivity contribution is 5.87. The van der Waals surface area contributed by atoms with E-state index in [1.54, 1.807) is 0 Å². The highest BCUT2D eigenvalue weighted by Crippen LogP contribution is 2.66. The molecule has 1 heterocycles. The molecular formula is C20H34N2O. The predicted octanol–water partition coefficient (Wildman–Crippen LogP) is 3.56. The fourth-order valence-corrected chi connectivity index (χ4v) is 5.29. The van der Waals surface area contributed by atoms with Gasteiger partial charge in [-0.15, -0.1) is 0 Å². The van der Waals surface area contributed by atoms with E-state index in [-0.39, 0.29) is 10.8 Å². The van der Waals surface area contributed by atoms with Gasteiger partial charge >= 0.3 is 0 Å². The molecule has 3 heteroatoms. The first-order valence-electron chi connectivity index (χ1n) is 9.41. The molecule has 0 radical (unpaired) electrons. The molecule has 3 nitrogen and oxygen atoms in total. The van der Waals surface area contributed by atoms with Gasteiger partial charge in [-0.25, -0.2) is 0 Å². The van der Waals surface area contributed by atoms with Crippen LogP contribution in [0.2, 0.25) is 0 Å². The summed E-state index contributed by atoms with van der Waals surface area (Å²) in [5, 5.41) is 0. The van der Waals surface area contributed by atoms with Gasteiger partial charge in [0, 0.05) is 13.1 Å². The predicted molar refractivity (Wildman–Crippen MR) is 95.2 cm³/mol. The number of hydrogen-bond acceptors (Lipinski definition) is 2. The van der Waals surface area contributed by atoms with Crippen LogP contribution in [0.4, 0.5) is 0 Å². The molecule has 3 rings (SSSR count). The maximum Gasteiger partial charge on any atom is 0.232 e. The monoisotopic (exact) mass is 318 g/mol. The van der Waals surface area contributed by atoms with Crippen LogP contribution in [0.15, 0.2) is 12.2 Å². The smallest absolute Gasteiger partial charge is 0.232 e. The molecule has 0 N–H and O–H groups in total. The Kier molecular flexibility index (Phi) is 4.37. The molecule has 1 amide bonds. The van der Waals surface area contributed by atoms with Gasteiger partial charge in [0.05, 0.1) is 5.41 Å². The fraction of sp³-hybridized carbons (Fsp3) is 0.850. The van der Waals surface area contributed by atoms with E-state index in [1.165, 1.54) is 31.3 Å². The molecular weight excluding hydrogens is 284 g/mol. The summed E-state index contributed by atoms with van der Waals surface area (Å²) in [4.78, 5) is 17.7. The largest absolute Gasteiger partial charge is 0.342 e. The molecule has 2 unspecified atom stereocenters. The lowest BCUT2D eigenvalue weighted by atomic mass is 9.68. The summed E-state index contributed by atoms with van der Waals surface area (Å²) >= 11 is 0. The lowest BCUT2D eigenvalue weighted by Crippen LogP contribution is -2.47. The van der Waals surface area contributed by atoms with Crippen molar-refractivity contribution in [2.75, 3.05) is 33.7 Å². The number of hydrogen-bond donors (Lipinski definition) is 0. The van der Waals surface area contributed by atoms with Crippen LogP contribution in [0.1, 0.15) is 52.4 Å². The third-order valence-electron chi connectivity index (χ3n) is 7.19. The number of likely N-dealkylation sites (tertiary alicyclic amines) is 1. The van der Waals surface area contributed by atoms with Crippen LogP contribution in [0.25, 0.3) is 0 Å². The van der Waals surface area contributed by atoms with Crippen molar-refractivity contribution in [2.45, 2.75) is 52.4 Å². The van der Waals surface area contributed by atoms with Gasteiger partial charge in [0.1, 0.15) is 0 Å². The van der Waals surface area contributed by atoms with E-state index in [0.29, 0.717) is 11.8 Å². The minimum atomic E-state index is -0.218. The Morgan fingerprint density at radius 1 is 1.26 bits per heavy atom. The summed E-state index contributed by atoms with van der Waals surface area (Å²) in [7, 11) is 4.28. The molecule has 3 aliphatic rings. The number of fused-ring (bicyclic) bond motifs is 2. The molecule has 2 aliphatic carbocycles. The molecule has 1 saturated heterocycles. The van der Waals surface area contributed by atoms with Gasteiger partial charge in [0.25, 0.3) is 0 Å². The highest BCUT2D eigenvalue weighted by atomic mass is 16.2. The van der Waals surface area contributed by atoms with Crippen molar-refractivity contribution in [2.24, 2.45) is 22.7 Å². The van der Waals surface area contributed by atoms with Crippen LogP contribution in [0, 0.1) is 22.7 Å². The average Bonchev–Trinajstić information content (AvgIpc) is 3.05. The molecule has 130 valence electrons. The summed E-state index contributed by atoms with van der Waals surface area (Å²) in [6, 6.07) is 0. The van der Waals surface area contributed by atoms with Crippen LogP contribution >= 0.6 is 0 Å². The summed E-state index contributed by atoms with van der Waals surface area (Å²) in [6.45, 7) is 12.0. The third-order valence-corrected chi connectivity index (χ3v) is 7.19. The number of carbonyl (C=O) groups excluding carboxylic acids is 1. The second kappa shape index (κ2) is 5.91. The molecule has 1 aliphatic heterocycles. The molecule has 0 aromatic heterocycles. The Morgan fingerprint density at radius 3 is 2.43 bits per heavy atom. The van der Waals surface area contributed by atoms with Crippen LogP contribution in [-0.2, 0) is 4.79 Å². The first-order chi connectivity index (χ1) is 10.8. The second-order valence-electron chi connectivity index (χ2n) is 9.05. The number of carbonyl (C=O) groups is 1. The third kappa shape index (κ3) is 2.75. The normalized spacial score (nSPS) is 33.7. The van der Waals surface area contributed by atoms with Crippen LogP contribution in [0.5, 0.6) is 0 Å². The quantitative estimate of drug-likeness (QED) is 0.740. The second-order valence-corrected chi connectivity index (χ2v) is 9.05. The fourth-order valence-electron chi connectivity index (χ4n) is 5.29. The lowest BCUT2D eigenvalue weighted by Gasteiger charge is -2.41. The first-order valence-corrected chi connectivity index (χ1v) is 9.41. The molecule has 2 saturated carbocycles. The maximum absolute atomic E-state index is 13.3.